The number of anilines is 1. The van der Waals surface area contributed by atoms with Crippen molar-refractivity contribution in [3.8, 4) is 16.9 Å². The zero-order valence-electron chi connectivity index (χ0n) is 10.7. The lowest BCUT2D eigenvalue weighted by atomic mass is 10.1. The molecule has 0 unspecified atom stereocenters. The van der Waals surface area contributed by atoms with Gasteiger partial charge in [-0.1, -0.05) is 12.1 Å². The summed E-state index contributed by atoms with van der Waals surface area (Å²) in [6, 6.07) is 8.95. The lowest BCUT2D eigenvalue weighted by Gasteiger charge is -2.03. The number of hydrogen-bond acceptors (Lipinski definition) is 2. The monoisotopic (exact) mass is 289 g/mol. The maximum Gasteiger partial charge on any atom is 0.148 e. The molecule has 2 aromatic carbocycles. The standard InChI is InChI=1S/C15H10F3N3/c16-9-5-6-11(17)10(7-9)15-13(19)8-21(20-15)14-4-2-1-3-12(14)18/h1-8H,19H2. The summed E-state index contributed by atoms with van der Waals surface area (Å²) in [7, 11) is 0. The second-order valence-corrected chi connectivity index (χ2v) is 4.45. The number of nitrogen functional groups attached to an aromatic ring is 1. The van der Waals surface area contributed by atoms with Crippen LogP contribution in [0.25, 0.3) is 16.9 Å². The van der Waals surface area contributed by atoms with Crippen molar-refractivity contribution in [2.45, 2.75) is 0 Å². The minimum absolute atomic E-state index is 0.0650. The van der Waals surface area contributed by atoms with Crippen LogP contribution in [0.15, 0.2) is 48.7 Å². The number of halogens is 3. The first-order chi connectivity index (χ1) is 10.1. The van der Waals surface area contributed by atoms with Gasteiger partial charge in [0.05, 0.1) is 11.9 Å². The molecule has 0 radical (unpaired) electrons. The molecule has 0 aliphatic heterocycles. The molecular weight excluding hydrogens is 279 g/mol. The van der Waals surface area contributed by atoms with Crippen LogP contribution < -0.4 is 5.73 Å². The molecule has 0 bridgehead atoms. The largest absolute Gasteiger partial charge is 0.396 e. The van der Waals surface area contributed by atoms with E-state index in [-0.39, 0.29) is 22.6 Å². The van der Waals surface area contributed by atoms with Crippen molar-refractivity contribution in [2.75, 3.05) is 5.73 Å². The van der Waals surface area contributed by atoms with Crippen LogP contribution in [0.3, 0.4) is 0 Å². The van der Waals surface area contributed by atoms with Gasteiger partial charge in [-0.05, 0) is 30.3 Å². The number of benzene rings is 2. The van der Waals surface area contributed by atoms with Crippen LogP contribution >= 0.6 is 0 Å². The molecule has 0 saturated carbocycles. The molecule has 0 spiro atoms. The lowest BCUT2D eigenvalue weighted by molar-refractivity contribution is 0.601. The van der Waals surface area contributed by atoms with Crippen molar-refractivity contribution in [1.29, 1.82) is 0 Å². The fourth-order valence-electron chi connectivity index (χ4n) is 2.04. The molecule has 3 aromatic rings. The number of rotatable bonds is 2. The Kier molecular flexibility index (Phi) is 3.13. The van der Waals surface area contributed by atoms with Crippen molar-refractivity contribution < 1.29 is 13.2 Å². The molecule has 3 rings (SSSR count). The van der Waals surface area contributed by atoms with Crippen LogP contribution in [0.1, 0.15) is 0 Å². The molecule has 6 heteroatoms. The van der Waals surface area contributed by atoms with E-state index in [1.54, 1.807) is 12.1 Å². The molecule has 0 saturated heterocycles. The van der Waals surface area contributed by atoms with E-state index >= 15 is 0 Å². The zero-order chi connectivity index (χ0) is 15.0. The molecule has 3 nitrogen and oxygen atoms in total. The van der Waals surface area contributed by atoms with E-state index in [0.717, 1.165) is 18.2 Å². The van der Waals surface area contributed by atoms with E-state index in [4.69, 9.17) is 5.73 Å². The van der Waals surface area contributed by atoms with Gasteiger partial charge in [-0.15, -0.1) is 0 Å². The SMILES string of the molecule is Nc1cn(-c2ccccc2F)nc1-c1cc(F)ccc1F. The van der Waals surface area contributed by atoms with Crippen LogP contribution in [0.2, 0.25) is 0 Å². The average Bonchev–Trinajstić information content (AvgIpc) is 2.84. The molecule has 21 heavy (non-hydrogen) atoms. The first-order valence-corrected chi connectivity index (χ1v) is 6.12. The highest BCUT2D eigenvalue weighted by atomic mass is 19.1. The Morgan fingerprint density at radius 1 is 0.952 bits per heavy atom. The summed E-state index contributed by atoms with van der Waals surface area (Å²) in [6.45, 7) is 0. The predicted octanol–water partition coefficient (Wildman–Crippen LogP) is 3.54. The molecule has 0 atom stereocenters. The van der Waals surface area contributed by atoms with Crippen molar-refractivity contribution in [3.05, 3.63) is 66.1 Å². The van der Waals surface area contributed by atoms with Gasteiger partial charge in [-0.25, -0.2) is 17.9 Å². The van der Waals surface area contributed by atoms with Gasteiger partial charge in [0.15, 0.2) is 0 Å². The maximum absolute atomic E-state index is 13.8. The topological polar surface area (TPSA) is 43.8 Å². The fraction of sp³-hybridized carbons (Fsp3) is 0. The smallest absolute Gasteiger partial charge is 0.148 e. The van der Waals surface area contributed by atoms with E-state index in [1.807, 2.05) is 0 Å². The Bertz CT molecular complexity index is 812. The van der Waals surface area contributed by atoms with Gasteiger partial charge in [0, 0.05) is 5.56 Å². The van der Waals surface area contributed by atoms with Crippen LogP contribution in [-0.4, -0.2) is 9.78 Å². The fourth-order valence-corrected chi connectivity index (χ4v) is 2.04. The second kappa shape index (κ2) is 4.97. The van der Waals surface area contributed by atoms with Gasteiger partial charge in [-0.2, -0.15) is 5.10 Å². The number of aromatic nitrogens is 2. The molecule has 0 aliphatic rings. The van der Waals surface area contributed by atoms with Crippen LogP contribution in [0, 0.1) is 17.5 Å². The van der Waals surface area contributed by atoms with E-state index in [1.165, 1.54) is 23.0 Å². The Balaban J connectivity index is 2.15. The Hall–Kier alpha value is -2.76. The summed E-state index contributed by atoms with van der Waals surface area (Å²) in [4.78, 5) is 0. The van der Waals surface area contributed by atoms with Crippen molar-refractivity contribution in [3.63, 3.8) is 0 Å². The minimum atomic E-state index is -0.651. The van der Waals surface area contributed by atoms with Gasteiger partial charge in [-0.3, -0.25) is 0 Å². The third-order valence-electron chi connectivity index (χ3n) is 3.03. The molecule has 106 valence electrons. The summed E-state index contributed by atoms with van der Waals surface area (Å²) >= 11 is 0. The van der Waals surface area contributed by atoms with Crippen molar-refractivity contribution in [1.82, 2.24) is 9.78 Å². The van der Waals surface area contributed by atoms with Crippen molar-refractivity contribution in [2.24, 2.45) is 0 Å². The number of nitrogens with two attached hydrogens (primary N) is 1. The van der Waals surface area contributed by atoms with Gasteiger partial charge in [0.25, 0.3) is 0 Å². The van der Waals surface area contributed by atoms with Gasteiger partial charge < -0.3 is 5.73 Å². The lowest BCUT2D eigenvalue weighted by Crippen LogP contribution is -1.98. The van der Waals surface area contributed by atoms with Gasteiger partial charge >= 0.3 is 0 Å². The molecule has 2 N–H and O–H groups in total. The Labute approximate surface area is 118 Å². The molecule has 0 fully saturated rings. The molecule has 1 heterocycles. The summed E-state index contributed by atoms with van der Waals surface area (Å²) in [5, 5.41) is 4.06. The molecule has 0 aliphatic carbocycles. The molecule has 1 aromatic heterocycles. The Morgan fingerprint density at radius 2 is 1.71 bits per heavy atom. The van der Waals surface area contributed by atoms with E-state index in [9.17, 15) is 13.2 Å². The van der Waals surface area contributed by atoms with Gasteiger partial charge in [0.2, 0.25) is 0 Å². The Morgan fingerprint density at radius 3 is 2.48 bits per heavy atom. The third-order valence-corrected chi connectivity index (χ3v) is 3.03. The summed E-state index contributed by atoms with van der Waals surface area (Å²) in [6.07, 6.45) is 1.36. The first-order valence-electron chi connectivity index (χ1n) is 6.12. The number of nitrogens with zero attached hydrogens (tertiary/aromatic N) is 2. The maximum atomic E-state index is 13.8. The molecular formula is C15H10F3N3. The summed E-state index contributed by atoms with van der Waals surface area (Å²) < 4.78 is 42.0. The van der Waals surface area contributed by atoms with E-state index in [2.05, 4.69) is 5.10 Å². The number of para-hydroxylation sites is 1. The third kappa shape index (κ3) is 2.35. The predicted molar refractivity (Wildman–Crippen MR) is 73.3 cm³/mol. The summed E-state index contributed by atoms with van der Waals surface area (Å²) in [5.74, 6) is -1.75. The highest BCUT2D eigenvalue weighted by Gasteiger charge is 2.15. The number of hydrogen-bond donors (Lipinski definition) is 1. The minimum Gasteiger partial charge on any atom is -0.396 e. The normalized spacial score (nSPS) is 10.8. The van der Waals surface area contributed by atoms with Crippen LogP contribution in [-0.2, 0) is 0 Å². The van der Waals surface area contributed by atoms with Crippen molar-refractivity contribution >= 4 is 5.69 Å². The zero-order valence-corrected chi connectivity index (χ0v) is 10.7. The first kappa shape index (κ1) is 13.2. The summed E-state index contributed by atoms with van der Waals surface area (Å²) in [5.41, 5.74) is 6.08. The quantitative estimate of drug-likeness (QED) is 0.784. The van der Waals surface area contributed by atoms with E-state index in [0.29, 0.717) is 0 Å². The average molecular weight is 289 g/mol. The highest BCUT2D eigenvalue weighted by Crippen LogP contribution is 2.28. The van der Waals surface area contributed by atoms with Crippen LogP contribution in [0.4, 0.5) is 18.9 Å². The second-order valence-electron chi connectivity index (χ2n) is 4.45. The van der Waals surface area contributed by atoms with E-state index < -0.39 is 17.5 Å². The molecule has 0 amide bonds. The van der Waals surface area contributed by atoms with Crippen LogP contribution in [0.5, 0.6) is 0 Å². The van der Waals surface area contributed by atoms with Gasteiger partial charge in [0.1, 0.15) is 28.8 Å². The highest BCUT2D eigenvalue weighted by molar-refractivity contribution is 5.73.